The number of nitrogens with one attached hydrogen (secondary N) is 1. The van der Waals surface area contributed by atoms with E-state index in [4.69, 9.17) is 5.10 Å². The van der Waals surface area contributed by atoms with Crippen LogP contribution in [0, 0.1) is 5.41 Å². The molecule has 1 N–H and O–H groups in total. The predicted octanol–water partition coefficient (Wildman–Crippen LogP) is 3.96. The van der Waals surface area contributed by atoms with E-state index in [9.17, 15) is 0 Å². The van der Waals surface area contributed by atoms with Crippen molar-refractivity contribution in [3.05, 3.63) is 18.0 Å². The Balaban J connectivity index is 1.96. The van der Waals surface area contributed by atoms with Crippen molar-refractivity contribution in [3.8, 4) is 0 Å². The quantitative estimate of drug-likeness (QED) is 0.740. The van der Waals surface area contributed by atoms with Crippen LogP contribution in [-0.4, -0.2) is 22.4 Å². The Kier molecular flexibility index (Phi) is 5.25. The number of aromatic nitrogens is 2. The van der Waals surface area contributed by atoms with Gasteiger partial charge in [0.1, 0.15) is 0 Å². The molecule has 1 aliphatic carbocycles. The lowest BCUT2D eigenvalue weighted by Gasteiger charge is -2.29. The number of hydrogen-bond donors (Lipinski definition) is 1. The molecule has 0 aromatic carbocycles. The number of hydrogen-bond acceptors (Lipinski definition) is 2. The minimum Gasteiger partial charge on any atom is -0.313 e. The highest BCUT2D eigenvalue weighted by atomic mass is 15.3. The zero-order valence-corrected chi connectivity index (χ0v) is 13.7. The summed E-state index contributed by atoms with van der Waals surface area (Å²) in [6, 6.07) is 3.51. The first-order valence-corrected chi connectivity index (χ1v) is 8.33. The topological polar surface area (TPSA) is 29.9 Å². The molecule has 1 aromatic rings. The summed E-state index contributed by atoms with van der Waals surface area (Å²) in [6.07, 6.45) is 9.61. The van der Waals surface area contributed by atoms with E-state index in [1.165, 1.54) is 31.4 Å². The molecule has 1 heterocycles. The first-order chi connectivity index (χ1) is 9.56. The smallest absolute Gasteiger partial charge is 0.0630 e. The minimum absolute atomic E-state index is 0.339. The van der Waals surface area contributed by atoms with Crippen molar-refractivity contribution in [2.45, 2.75) is 78.3 Å². The molecule has 114 valence electrons. The summed E-state index contributed by atoms with van der Waals surface area (Å²) in [5.41, 5.74) is 1.59. The number of nitrogens with zero attached hydrogens (tertiary/aromatic N) is 2. The van der Waals surface area contributed by atoms with E-state index in [0.717, 1.165) is 25.4 Å². The molecule has 2 rings (SSSR count). The minimum atomic E-state index is 0.339. The molecular formula is C17H31N3. The van der Waals surface area contributed by atoms with Crippen LogP contribution in [0.3, 0.4) is 0 Å². The molecule has 0 radical (unpaired) electrons. The second kappa shape index (κ2) is 6.75. The summed E-state index contributed by atoms with van der Waals surface area (Å²) in [5.74, 6) is 0. The van der Waals surface area contributed by atoms with Crippen molar-refractivity contribution in [2.24, 2.45) is 5.41 Å². The van der Waals surface area contributed by atoms with Crippen molar-refractivity contribution in [3.63, 3.8) is 0 Å². The van der Waals surface area contributed by atoms with Gasteiger partial charge in [0.15, 0.2) is 0 Å². The van der Waals surface area contributed by atoms with E-state index in [-0.39, 0.29) is 0 Å². The van der Waals surface area contributed by atoms with Gasteiger partial charge in [-0.3, -0.25) is 4.68 Å². The monoisotopic (exact) mass is 277 g/mol. The molecule has 0 bridgehead atoms. The summed E-state index contributed by atoms with van der Waals surface area (Å²) in [5, 5.41) is 8.49. The van der Waals surface area contributed by atoms with Crippen molar-refractivity contribution >= 4 is 0 Å². The predicted molar refractivity (Wildman–Crippen MR) is 85.0 cm³/mol. The largest absolute Gasteiger partial charge is 0.313 e. The van der Waals surface area contributed by atoms with Crippen molar-refractivity contribution in [2.75, 3.05) is 6.54 Å². The molecule has 1 saturated carbocycles. The van der Waals surface area contributed by atoms with Gasteiger partial charge < -0.3 is 5.32 Å². The van der Waals surface area contributed by atoms with E-state index >= 15 is 0 Å². The zero-order chi connectivity index (χ0) is 14.6. The summed E-state index contributed by atoms with van der Waals surface area (Å²) < 4.78 is 2.12. The fourth-order valence-corrected chi connectivity index (χ4v) is 2.86. The molecule has 3 heteroatoms. The highest BCUT2D eigenvalue weighted by Gasteiger charge is 2.29. The van der Waals surface area contributed by atoms with Gasteiger partial charge in [-0.1, -0.05) is 27.2 Å². The van der Waals surface area contributed by atoms with E-state index in [1.807, 2.05) is 0 Å². The molecule has 0 amide bonds. The van der Waals surface area contributed by atoms with Gasteiger partial charge in [0.05, 0.1) is 5.69 Å². The van der Waals surface area contributed by atoms with Crippen LogP contribution in [0.15, 0.2) is 12.3 Å². The van der Waals surface area contributed by atoms with Crippen LogP contribution in [0.5, 0.6) is 0 Å². The average Bonchev–Trinajstić information content (AvgIpc) is 3.15. The van der Waals surface area contributed by atoms with E-state index in [2.05, 4.69) is 50.0 Å². The molecule has 0 aliphatic heterocycles. The molecule has 0 saturated heterocycles. The van der Waals surface area contributed by atoms with Gasteiger partial charge >= 0.3 is 0 Å². The fraction of sp³-hybridized carbons (Fsp3) is 0.824. The molecule has 2 atom stereocenters. The third kappa shape index (κ3) is 4.34. The van der Waals surface area contributed by atoms with Crippen LogP contribution in [0.1, 0.15) is 71.5 Å². The van der Waals surface area contributed by atoms with Crippen molar-refractivity contribution in [1.82, 2.24) is 15.1 Å². The second-order valence-electron chi connectivity index (χ2n) is 6.94. The lowest BCUT2D eigenvalue weighted by atomic mass is 9.81. The fourth-order valence-electron chi connectivity index (χ4n) is 2.86. The zero-order valence-electron chi connectivity index (χ0n) is 13.7. The maximum Gasteiger partial charge on any atom is 0.0630 e. The first kappa shape index (κ1) is 15.6. The lowest BCUT2D eigenvalue weighted by Crippen LogP contribution is -2.35. The Morgan fingerprint density at radius 2 is 2.20 bits per heavy atom. The summed E-state index contributed by atoms with van der Waals surface area (Å²) in [7, 11) is 0. The SMILES string of the molecule is CCCC(C)(CNC1CC1)Cc1ccn(C(C)CC)n1. The van der Waals surface area contributed by atoms with Gasteiger partial charge in [-0.05, 0) is 50.5 Å². The Morgan fingerprint density at radius 3 is 2.80 bits per heavy atom. The average molecular weight is 277 g/mol. The molecule has 1 fully saturated rings. The summed E-state index contributed by atoms with van der Waals surface area (Å²) in [4.78, 5) is 0. The van der Waals surface area contributed by atoms with Crippen LogP contribution < -0.4 is 5.32 Å². The van der Waals surface area contributed by atoms with Gasteiger partial charge in [-0.25, -0.2) is 0 Å². The summed E-state index contributed by atoms with van der Waals surface area (Å²) >= 11 is 0. The third-order valence-electron chi connectivity index (χ3n) is 4.56. The third-order valence-corrected chi connectivity index (χ3v) is 4.56. The van der Waals surface area contributed by atoms with Crippen LogP contribution >= 0.6 is 0 Å². The first-order valence-electron chi connectivity index (χ1n) is 8.33. The lowest BCUT2D eigenvalue weighted by molar-refractivity contribution is 0.270. The van der Waals surface area contributed by atoms with Gasteiger partial charge in [0, 0.05) is 24.8 Å². The van der Waals surface area contributed by atoms with Crippen LogP contribution in [0.25, 0.3) is 0 Å². The molecule has 1 aromatic heterocycles. The van der Waals surface area contributed by atoms with Gasteiger partial charge in [0.2, 0.25) is 0 Å². The van der Waals surface area contributed by atoms with Gasteiger partial charge in [0.25, 0.3) is 0 Å². The molecule has 1 aliphatic rings. The molecule has 20 heavy (non-hydrogen) atoms. The Labute approximate surface area is 124 Å². The van der Waals surface area contributed by atoms with Crippen LogP contribution in [-0.2, 0) is 6.42 Å². The standard InChI is InChI=1S/C17H31N3/c1-5-10-17(4,13-18-15-7-8-15)12-16-9-11-20(19-16)14(3)6-2/h9,11,14-15,18H,5-8,10,12-13H2,1-4H3. The van der Waals surface area contributed by atoms with Crippen LogP contribution in [0.2, 0.25) is 0 Å². The van der Waals surface area contributed by atoms with E-state index in [0.29, 0.717) is 11.5 Å². The maximum atomic E-state index is 4.78. The Bertz CT molecular complexity index is 408. The van der Waals surface area contributed by atoms with Crippen molar-refractivity contribution < 1.29 is 0 Å². The highest BCUT2D eigenvalue weighted by Crippen LogP contribution is 2.29. The second-order valence-corrected chi connectivity index (χ2v) is 6.94. The van der Waals surface area contributed by atoms with E-state index < -0.39 is 0 Å². The van der Waals surface area contributed by atoms with Crippen LogP contribution in [0.4, 0.5) is 0 Å². The maximum absolute atomic E-state index is 4.78. The number of rotatable bonds is 9. The van der Waals surface area contributed by atoms with Gasteiger partial charge in [-0.15, -0.1) is 0 Å². The van der Waals surface area contributed by atoms with Crippen molar-refractivity contribution in [1.29, 1.82) is 0 Å². The Hall–Kier alpha value is -0.830. The van der Waals surface area contributed by atoms with Gasteiger partial charge in [-0.2, -0.15) is 5.10 Å². The molecule has 0 spiro atoms. The molecular weight excluding hydrogens is 246 g/mol. The highest BCUT2D eigenvalue weighted by molar-refractivity contribution is 5.04. The normalized spacial score (nSPS) is 19.8. The molecule has 2 unspecified atom stereocenters. The Morgan fingerprint density at radius 1 is 1.45 bits per heavy atom. The summed E-state index contributed by atoms with van der Waals surface area (Å²) in [6.45, 7) is 10.3. The molecule has 3 nitrogen and oxygen atoms in total. The van der Waals surface area contributed by atoms with E-state index in [1.54, 1.807) is 0 Å².